The number of methoxy groups -OCH3 is 1. The zero-order valence-electron chi connectivity index (χ0n) is 13.7. The van der Waals surface area contributed by atoms with Gasteiger partial charge >= 0.3 is 5.97 Å². The number of nitrogens with one attached hydrogen (secondary N) is 1. The molecule has 0 aromatic heterocycles. The molecule has 0 saturated heterocycles. The molecule has 0 unspecified atom stereocenters. The van der Waals surface area contributed by atoms with Gasteiger partial charge in [0.05, 0.1) is 29.5 Å². The van der Waals surface area contributed by atoms with E-state index in [0.717, 1.165) is 0 Å². The number of ether oxygens (including phenoxy) is 1. The van der Waals surface area contributed by atoms with Crippen molar-refractivity contribution in [2.75, 3.05) is 19.0 Å². The molecule has 0 radical (unpaired) electrons. The first-order valence-corrected chi connectivity index (χ1v) is 7.38. The van der Waals surface area contributed by atoms with Gasteiger partial charge < -0.3 is 14.9 Å². The van der Waals surface area contributed by atoms with Crippen LogP contribution in [0.25, 0.3) is 0 Å². The predicted octanol–water partition coefficient (Wildman–Crippen LogP) is 2.37. The summed E-state index contributed by atoms with van der Waals surface area (Å²) in [6, 6.07) is 12.1. The maximum Gasteiger partial charge on any atom is 0.339 e. The van der Waals surface area contributed by atoms with Gasteiger partial charge in [-0.2, -0.15) is 0 Å². The van der Waals surface area contributed by atoms with E-state index in [1.165, 1.54) is 37.6 Å². The highest BCUT2D eigenvalue weighted by Crippen LogP contribution is 2.16. The predicted molar refractivity (Wildman–Crippen MR) is 93.1 cm³/mol. The molecule has 0 bridgehead atoms. The zero-order chi connectivity index (χ0) is 18.9. The number of anilines is 1. The van der Waals surface area contributed by atoms with Crippen molar-refractivity contribution in [3.8, 4) is 0 Å². The number of carbonyl (C=O) groups is 2. The Morgan fingerprint density at radius 3 is 2.73 bits per heavy atom. The number of oxime groups is 1. The van der Waals surface area contributed by atoms with E-state index < -0.39 is 23.4 Å². The molecule has 2 aromatic carbocycles. The molecule has 1 amide bonds. The minimum Gasteiger partial charge on any atom is -0.465 e. The first-order chi connectivity index (χ1) is 12.5. The second kappa shape index (κ2) is 8.92. The van der Waals surface area contributed by atoms with Crippen LogP contribution in [0.5, 0.6) is 0 Å². The van der Waals surface area contributed by atoms with Gasteiger partial charge in [0, 0.05) is 17.7 Å². The molecule has 9 nitrogen and oxygen atoms in total. The smallest absolute Gasteiger partial charge is 0.339 e. The molecule has 0 atom stereocenters. The van der Waals surface area contributed by atoms with Gasteiger partial charge in [-0.15, -0.1) is 0 Å². The highest BCUT2D eigenvalue weighted by atomic mass is 16.6. The Labute approximate surface area is 148 Å². The first kappa shape index (κ1) is 18.6. The third-order valence-corrected chi connectivity index (χ3v) is 3.16. The summed E-state index contributed by atoms with van der Waals surface area (Å²) in [7, 11) is 1.24. The second-order valence-corrected chi connectivity index (χ2v) is 4.95. The van der Waals surface area contributed by atoms with Crippen LogP contribution in [0, 0.1) is 10.1 Å². The molecule has 0 aliphatic heterocycles. The largest absolute Gasteiger partial charge is 0.465 e. The molecule has 26 heavy (non-hydrogen) atoms. The van der Waals surface area contributed by atoms with Crippen molar-refractivity contribution >= 4 is 29.5 Å². The molecule has 0 aliphatic rings. The summed E-state index contributed by atoms with van der Waals surface area (Å²) in [5.41, 5.74) is 0.876. The molecule has 0 aliphatic carbocycles. The lowest BCUT2D eigenvalue weighted by Gasteiger charge is -2.08. The lowest BCUT2D eigenvalue weighted by molar-refractivity contribution is -0.384. The van der Waals surface area contributed by atoms with Crippen LogP contribution in [0.1, 0.15) is 15.9 Å². The van der Waals surface area contributed by atoms with Crippen LogP contribution >= 0.6 is 0 Å². The standard InChI is InChI=1S/C17H15N3O6/c1-25-17(22)14-7-2-3-8-15(14)19-16(21)11-26-18-10-12-5-4-6-13(9-12)20(23)24/h2-10H,11H2,1H3,(H,19,21)/b18-10-. The topological polar surface area (TPSA) is 120 Å². The van der Waals surface area contributed by atoms with Crippen molar-refractivity contribution in [2.24, 2.45) is 5.16 Å². The molecule has 2 aromatic rings. The Hall–Kier alpha value is -3.75. The van der Waals surface area contributed by atoms with Crippen LogP contribution in [0.2, 0.25) is 0 Å². The summed E-state index contributed by atoms with van der Waals surface area (Å²) in [5.74, 6) is -1.11. The fraction of sp³-hybridized carbons (Fsp3) is 0.118. The summed E-state index contributed by atoms with van der Waals surface area (Å²) < 4.78 is 4.64. The van der Waals surface area contributed by atoms with Crippen molar-refractivity contribution in [1.82, 2.24) is 0 Å². The lowest BCUT2D eigenvalue weighted by Crippen LogP contribution is -2.19. The van der Waals surface area contributed by atoms with Crippen molar-refractivity contribution in [1.29, 1.82) is 0 Å². The van der Waals surface area contributed by atoms with Gasteiger partial charge in [-0.3, -0.25) is 14.9 Å². The molecular weight excluding hydrogens is 342 g/mol. The molecule has 0 heterocycles. The molecule has 2 rings (SSSR count). The average molecular weight is 357 g/mol. The number of amides is 1. The first-order valence-electron chi connectivity index (χ1n) is 7.38. The molecule has 1 N–H and O–H groups in total. The van der Waals surface area contributed by atoms with Crippen molar-refractivity contribution in [2.45, 2.75) is 0 Å². The number of nitro benzene ring substituents is 1. The van der Waals surface area contributed by atoms with E-state index in [0.29, 0.717) is 5.56 Å². The van der Waals surface area contributed by atoms with Crippen molar-refractivity contribution in [3.63, 3.8) is 0 Å². The monoisotopic (exact) mass is 357 g/mol. The SMILES string of the molecule is COC(=O)c1ccccc1NC(=O)CO/N=C\c1cccc([N+](=O)[O-])c1. The van der Waals surface area contributed by atoms with Crippen molar-refractivity contribution < 1.29 is 24.1 Å². The lowest BCUT2D eigenvalue weighted by atomic mass is 10.2. The fourth-order valence-electron chi connectivity index (χ4n) is 1.98. The summed E-state index contributed by atoms with van der Waals surface area (Å²) in [5, 5.41) is 16.8. The van der Waals surface area contributed by atoms with Gasteiger partial charge in [-0.25, -0.2) is 4.79 Å². The summed E-state index contributed by atoms with van der Waals surface area (Å²) in [6.07, 6.45) is 1.25. The van der Waals surface area contributed by atoms with Crippen molar-refractivity contribution in [3.05, 3.63) is 69.8 Å². The number of hydrogen-bond acceptors (Lipinski definition) is 7. The maximum atomic E-state index is 11.9. The Bertz CT molecular complexity index is 850. The van der Waals surface area contributed by atoms with Gasteiger partial charge in [-0.1, -0.05) is 29.4 Å². The molecule has 9 heteroatoms. The molecule has 0 saturated carbocycles. The number of nitro groups is 1. The van der Waals surface area contributed by atoms with Crippen LogP contribution in [0.3, 0.4) is 0 Å². The number of rotatable bonds is 7. The third kappa shape index (κ3) is 5.13. The van der Waals surface area contributed by atoms with Gasteiger partial charge in [-0.05, 0) is 12.1 Å². The van der Waals surface area contributed by atoms with E-state index in [-0.39, 0.29) is 16.9 Å². The van der Waals surface area contributed by atoms with Crippen LogP contribution in [-0.4, -0.2) is 36.7 Å². The van der Waals surface area contributed by atoms with Gasteiger partial charge in [0.1, 0.15) is 0 Å². The second-order valence-electron chi connectivity index (χ2n) is 4.95. The van der Waals surface area contributed by atoms with Crippen LogP contribution in [0.4, 0.5) is 11.4 Å². The van der Waals surface area contributed by atoms with Gasteiger partial charge in [0.25, 0.3) is 11.6 Å². The quantitative estimate of drug-likeness (QED) is 0.351. The summed E-state index contributed by atoms with van der Waals surface area (Å²) >= 11 is 0. The highest BCUT2D eigenvalue weighted by Gasteiger charge is 2.13. The van der Waals surface area contributed by atoms with E-state index in [1.807, 2.05) is 0 Å². The molecule has 0 fully saturated rings. The normalized spacial score (nSPS) is 10.3. The minimum absolute atomic E-state index is 0.0777. The Morgan fingerprint density at radius 1 is 1.23 bits per heavy atom. The number of nitrogens with zero attached hydrogens (tertiary/aromatic N) is 2. The van der Waals surface area contributed by atoms with E-state index in [9.17, 15) is 19.7 Å². The summed E-state index contributed by atoms with van der Waals surface area (Å²) in [4.78, 5) is 38.5. The van der Waals surface area contributed by atoms with E-state index in [1.54, 1.807) is 24.3 Å². The highest BCUT2D eigenvalue weighted by molar-refractivity contribution is 6.01. The van der Waals surface area contributed by atoms with Crippen LogP contribution in [-0.2, 0) is 14.4 Å². The van der Waals surface area contributed by atoms with Crippen LogP contribution in [0.15, 0.2) is 53.7 Å². The number of para-hydroxylation sites is 1. The average Bonchev–Trinajstić information content (AvgIpc) is 2.65. The number of benzene rings is 2. The van der Waals surface area contributed by atoms with E-state index >= 15 is 0 Å². The Kier molecular flexibility index (Phi) is 6.38. The maximum absolute atomic E-state index is 11.9. The number of carbonyl (C=O) groups excluding carboxylic acids is 2. The van der Waals surface area contributed by atoms with Gasteiger partial charge in [0.2, 0.25) is 0 Å². The van der Waals surface area contributed by atoms with Crippen LogP contribution < -0.4 is 5.32 Å². The summed E-state index contributed by atoms with van der Waals surface area (Å²) in [6.45, 7) is -0.402. The Balaban J connectivity index is 1.91. The number of hydrogen-bond donors (Lipinski definition) is 1. The Morgan fingerprint density at radius 2 is 2.00 bits per heavy atom. The third-order valence-electron chi connectivity index (χ3n) is 3.16. The van der Waals surface area contributed by atoms with E-state index in [4.69, 9.17) is 4.84 Å². The molecule has 0 spiro atoms. The number of esters is 1. The van der Waals surface area contributed by atoms with E-state index in [2.05, 4.69) is 15.2 Å². The molecular formula is C17H15N3O6. The van der Waals surface area contributed by atoms with Gasteiger partial charge in [0.15, 0.2) is 6.61 Å². The minimum atomic E-state index is -0.578. The fourth-order valence-corrected chi connectivity index (χ4v) is 1.98. The zero-order valence-corrected chi connectivity index (χ0v) is 13.7. The number of non-ortho nitro benzene ring substituents is 1. The molecule has 134 valence electrons.